The summed E-state index contributed by atoms with van der Waals surface area (Å²) in [7, 11) is 0. The Morgan fingerprint density at radius 1 is 1.47 bits per heavy atom. The molecule has 0 aromatic carbocycles. The van der Waals surface area contributed by atoms with Crippen molar-refractivity contribution in [1.82, 2.24) is 10.3 Å². The predicted octanol–water partition coefficient (Wildman–Crippen LogP) is 3.09. The molecular formula is C14H20ClN3O. The molecule has 1 aliphatic carbocycles. The number of amides is 1. The number of hydrogen-bond donors (Lipinski definition) is 2. The highest BCUT2D eigenvalue weighted by Crippen LogP contribution is 2.31. The molecule has 0 aliphatic heterocycles. The van der Waals surface area contributed by atoms with E-state index in [0.717, 1.165) is 31.8 Å². The lowest BCUT2D eigenvalue weighted by molar-refractivity contribution is 0.0952. The lowest BCUT2D eigenvalue weighted by Crippen LogP contribution is -2.25. The number of hydrogen-bond acceptors (Lipinski definition) is 3. The van der Waals surface area contributed by atoms with Crippen molar-refractivity contribution in [2.45, 2.75) is 32.6 Å². The fraction of sp³-hybridized carbons (Fsp3) is 0.571. The lowest BCUT2D eigenvalue weighted by Gasteiger charge is -2.08. The van der Waals surface area contributed by atoms with Gasteiger partial charge in [-0.1, -0.05) is 31.4 Å². The summed E-state index contributed by atoms with van der Waals surface area (Å²) in [5.41, 5.74) is 0.517. The number of carbonyl (C=O) groups excluding carboxylic acids is 1. The average molecular weight is 282 g/mol. The van der Waals surface area contributed by atoms with Crippen molar-refractivity contribution >= 4 is 23.3 Å². The van der Waals surface area contributed by atoms with Crippen LogP contribution in [0.2, 0.25) is 5.02 Å². The first-order chi connectivity index (χ1) is 9.20. The molecule has 19 heavy (non-hydrogen) atoms. The topological polar surface area (TPSA) is 54.0 Å². The van der Waals surface area contributed by atoms with Gasteiger partial charge in [-0.25, -0.2) is 4.98 Å². The molecular weight excluding hydrogens is 262 g/mol. The van der Waals surface area contributed by atoms with E-state index in [0.29, 0.717) is 16.4 Å². The summed E-state index contributed by atoms with van der Waals surface area (Å²) in [5, 5.41) is 6.51. The second kappa shape index (κ2) is 6.75. The molecule has 0 spiro atoms. The van der Waals surface area contributed by atoms with Gasteiger partial charge in [0, 0.05) is 19.3 Å². The van der Waals surface area contributed by atoms with Gasteiger partial charge in [-0.2, -0.15) is 0 Å². The maximum absolute atomic E-state index is 11.9. The van der Waals surface area contributed by atoms with E-state index >= 15 is 0 Å². The van der Waals surface area contributed by atoms with Crippen LogP contribution in [-0.4, -0.2) is 24.0 Å². The first kappa shape index (κ1) is 14.1. The molecule has 1 heterocycles. The minimum atomic E-state index is -0.0999. The molecule has 4 nitrogen and oxygen atoms in total. The van der Waals surface area contributed by atoms with Gasteiger partial charge >= 0.3 is 0 Å². The van der Waals surface area contributed by atoms with Crippen molar-refractivity contribution in [3.63, 3.8) is 0 Å². The highest BCUT2D eigenvalue weighted by Gasteiger charge is 2.20. The number of pyridine rings is 1. The highest BCUT2D eigenvalue weighted by molar-refractivity contribution is 6.33. The van der Waals surface area contributed by atoms with E-state index in [4.69, 9.17) is 11.6 Å². The van der Waals surface area contributed by atoms with Crippen LogP contribution in [0.15, 0.2) is 12.3 Å². The van der Waals surface area contributed by atoms with Crippen LogP contribution in [0.4, 0.5) is 5.82 Å². The first-order valence-corrected chi connectivity index (χ1v) is 7.26. The quantitative estimate of drug-likeness (QED) is 0.807. The smallest absolute Gasteiger partial charge is 0.252 e. The summed E-state index contributed by atoms with van der Waals surface area (Å²) in [6, 6.07) is 1.67. The van der Waals surface area contributed by atoms with Gasteiger partial charge in [-0.3, -0.25) is 4.79 Å². The molecule has 0 unspecified atom stereocenters. The van der Waals surface area contributed by atoms with Crippen LogP contribution in [0.1, 0.15) is 43.0 Å². The van der Waals surface area contributed by atoms with Gasteiger partial charge < -0.3 is 10.6 Å². The molecule has 2 N–H and O–H groups in total. The highest BCUT2D eigenvalue weighted by atomic mass is 35.5. The van der Waals surface area contributed by atoms with E-state index < -0.39 is 0 Å². The second-order valence-electron chi connectivity index (χ2n) is 4.97. The van der Waals surface area contributed by atoms with Crippen LogP contribution in [0.3, 0.4) is 0 Å². The maximum atomic E-state index is 11.9. The lowest BCUT2D eigenvalue weighted by atomic mass is 10.2. The van der Waals surface area contributed by atoms with Crippen molar-refractivity contribution in [3.05, 3.63) is 22.8 Å². The van der Waals surface area contributed by atoms with Gasteiger partial charge in [-0.15, -0.1) is 0 Å². The summed E-state index contributed by atoms with van der Waals surface area (Å²) in [6.45, 7) is 3.62. The fourth-order valence-electron chi connectivity index (χ4n) is 1.83. The summed E-state index contributed by atoms with van der Waals surface area (Å²) < 4.78 is 0. The normalized spacial score (nSPS) is 14.2. The number of carbonyl (C=O) groups is 1. The van der Waals surface area contributed by atoms with E-state index in [1.807, 2.05) is 0 Å². The molecule has 0 radical (unpaired) electrons. The molecule has 1 saturated carbocycles. The maximum Gasteiger partial charge on any atom is 0.252 e. The number of aromatic nitrogens is 1. The Bertz CT molecular complexity index is 446. The summed E-state index contributed by atoms with van der Waals surface area (Å²) in [5.74, 6) is 1.36. The van der Waals surface area contributed by atoms with Crippen molar-refractivity contribution in [2.75, 3.05) is 18.4 Å². The monoisotopic (exact) mass is 281 g/mol. The summed E-state index contributed by atoms with van der Waals surface area (Å²) >= 11 is 6.10. The molecule has 1 aromatic rings. The standard InChI is InChI=1S/C14H20ClN3O/c1-2-6-16-13-12(15)8-11(9-18-13)14(19)17-7-5-10-3-4-10/h8-10H,2-7H2,1H3,(H,16,18)(H,17,19). The van der Waals surface area contributed by atoms with Crippen LogP contribution in [0.5, 0.6) is 0 Å². The van der Waals surface area contributed by atoms with Gasteiger partial charge in [0.05, 0.1) is 10.6 Å². The second-order valence-corrected chi connectivity index (χ2v) is 5.38. The Hall–Kier alpha value is -1.29. The summed E-state index contributed by atoms with van der Waals surface area (Å²) in [6.07, 6.45) is 6.25. The van der Waals surface area contributed by atoms with Gasteiger partial charge in [-0.05, 0) is 24.8 Å². The first-order valence-electron chi connectivity index (χ1n) is 6.88. The van der Waals surface area contributed by atoms with Crippen LogP contribution >= 0.6 is 11.6 Å². The third-order valence-electron chi connectivity index (χ3n) is 3.18. The zero-order valence-electron chi connectivity index (χ0n) is 11.2. The minimum absolute atomic E-state index is 0.0999. The molecule has 1 amide bonds. The zero-order chi connectivity index (χ0) is 13.7. The Morgan fingerprint density at radius 3 is 2.89 bits per heavy atom. The average Bonchev–Trinajstić information content (AvgIpc) is 3.21. The molecule has 5 heteroatoms. The van der Waals surface area contributed by atoms with E-state index in [-0.39, 0.29) is 5.91 Å². The molecule has 0 atom stereocenters. The Morgan fingerprint density at radius 2 is 2.26 bits per heavy atom. The minimum Gasteiger partial charge on any atom is -0.369 e. The van der Waals surface area contributed by atoms with E-state index in [9.17, 15) is 4.79 Å². The van der Waals surface area contributed by atoms with Gasteiger partial charge in [0.15, 0.2) is 0 Å². The van der Waals surface area contributed by atoms with Crippen LogP contribution in [-0.2, 0) is 0 Å². The molecule has 2 rings (SSSR count). The number of nitrogens with one attached hydrogen (secondary N) is 2. The summed E-state index contributed by atoms with van der Waals surface area (Å²) in [4.78, 5) is 16.1. The number of anilines is 1. The SMILES string of the molecule is CCCNc1ncc(C(=O)NCCC2CC2)cc1Cl. The molecule has 0 bridgehead atoms. The Balaban J connectivity index is 1.87. The zero-order valence-corrected chi connectivity index (χ0v) is 12.0. The van der Waals surface area contributed by atoms with Crippen LogP contribution < -0.4 is 10.6 Å². The van der Waals surface area contributed by atoms with Crippen LogP contribution in [0.25, 0.3) is 0 Å². The van der Waals surface area contributed by atoms with Crippen molar-refractivity contribution in [1.29, 1.82) is 0 Å². The largest absolute Gasteiger partial charge is 0.369 e. The molecule has 0 saturated heterocycles. The van der Waals surface area contributed by atoms with Crippen molar-refractivity contribution in [3.8, 4) is 0 Å². The Kier molecular flexibility index (Phi) is 5.02. The number of nitrogens with zero attached hydrogens (tertiary/aromatic N) is 1. The number of halogens is 1. The van der Waals surface area contributed by atoms with Gasteiger partial charge in [0.1, 0.15) is 5.82 Å². The predicted molar refractivity (Wildman–Crippen MR) is 77.7 cm³/mol. The number of rotatable bonds is 7. The molecule has 1 aromatic heterocycles. The molecule has 104 valence electrons. The van der Waals surface area contributed by atoms with E-state index in [1.165, 1.54) is 12.8 Å². The molecule has 1 fully saturated rings. The van der Waals surface area contributed by atoms with Gasteiger partial charge in [0.2, 0.25) is 0 Å². The third-order valence-corrected chi connectivity index (χ3v) is 3.47. The van der Waals surface area contributed by atoms with Crippen molar-refractivity contribution < 1.29 is 4.79 Å². The Labute approximate surface area is 118 Å². The third kappa shape index (κ3) is 4.39. The van der Waals surface area contributed by atoms with Crippen LogP contribution in [0, 0.1) is 5.92 Å². The van der Waals surface area contributed by atoms with E-state index in [2.05, 4.69) is 22.5 Å². The fourth-order valence-corrected chi connectivity index (χ4v) is 2.07. The van der Waals surface area contributed by atoms with Crippen molar-refractivity contribution in [2.24, 2.45) is 5.92 Å². The molecule has 1 aliphatic rings. The van der Waals surface area contributed by atoms with E-state index in [1.54, 1.807) is 12.3 Å². The van der Waals surface area contributed by atoms with Gasteiger partial charge in [0.25, 0.3) is 5.91 Å².